The van der Waals surface area contributed by atoms with E-state index in [-0.39, 0.29) is 11.1 Å². The van der Waals surface area contributed by atoms with Crippen LogP contribution in [0.2, 0.25) is 0 Å². The first-order valence-corrected chi connectivity index (χ1v) is 6.41. The highest BCUT2D eigenvalue weighted by Crippen LogP contribution is 2.27. The summed E-state index contributed by atoms with van der Waals surface area (Å²) in [7, 11) is 1.49. The predicted octanol–water partition coefficient (Wildman–Crippen LogP) is 3.93. The van der Waals surface area contributed by atoms with E-state index in [2.05, 4.69) is 19.2 Å². The maximum atomic E-state index is 13.5. The Balaban J connectivity index is 3.23. The highest BCUT2D eigenvalue weighted by atomic mass is 32.1. The van der Waals surface area contributed by atoms with Crippen LogP contribution in [0.15, 0.2) is 29.2 Å². The molecule has 0 aliphatic rings. The standard InChI is InChI=1S/C15H17F2NOS/c1-8(6-9(2)20)15(19)18(5)13-7-12(16)14(17)11(4)10(13)3/h6-7,20H,1H2,2-5H3/b9-6+. The van der Waals surface area contributed by atoms with E-state index in [1.54, 1.807) is 13.8 Å². The molecule has 1 aromatic carbocycles. The van der Waals surface area contributed by atoms with Gasteiger partial charge in [-0.15, -0.1) is 12.6 Å². The van der Waals surface area contributed by atoms with Gasteiger partial charge in [-0.2, -0.15) is 0 Å². The van der Waals surface area contributed by atoms with Crippen LogP contribution in [0.4, 0.5) is 14.5 Å². The number of carbonyl (C=O) groups is 1. The molecular formula is C15H17F2NOS. The van der Waals surface area contributed by atoms with Gasteiger partial charge >= 0.3 is 0 Å². The first kappa shape index (κ1) is 16.4. The predicted molar refractivity (Wildman–Crippen MR) is 81.1 cm³/mol. The molecule has 0 aliphatic heterocycles. The van der Waals surface area contributed by atoms with Gasteiger partial charge in [0.05, 0.1) is 0 Å². The number of nitrogens with zero attached hydrogens (tertiary/aromatic N) is 1. The van der Waals surface area contributed by atoms with E-state index in [0.717, 1.165) is 6.07 Å². The van der Waals surface area contributed by atoms with Gasteiger partial charge in [0.1, 0.15) is 0 Å². The fourth-order valence-electron chi connectivity index (χ4n) is 1.81. The van der Waals surface area contributed by atoms with E-state index in [4.69, 9.17) is 0 Å². The van der Waals surface area contributed by atoms with Crippen molar-refractivity contribution in [3.05, 3.63) is 52.0 Å². The van der Waals surface area contributed by atoms with Crippen molar-refractivity contribution in [2.75, 3.05) is 11.9 Å². The molecule has 20 heavy (non-hydrogen) atoms. The van der Waals surface area contributed by atoms with E-state index in [9.17, 15) is 13.6 Å². The molecule has 1 amide bonds. The van der Waals surface area contributed by atoms with Crippen LogP contribution < -0.4 is 4.90 Å². The summed E-state index contributed by atoms with van der Waals surface area (Å²) in [6, 6.07) is 1.01. The summed E-state index contributed by atoms with van der Waals surface area (Å²) in [5, 5.41) is 0. The normalized spacial score (nSPS) is 11.4. The third-order valence-corrected chi connectivity index (χ3v) is 3.20. The number of allylic oxidation sites excluding steroid dienone is 1. The lowest BCUT2D eigenvalue weighted by Gasteiger charge is -2.21. The van der Waals surface area contributed by atoms with Crippen LogP contribution in [0.5, 0.6) is 0 Å². The molecule has 0 saturated heterocycles. The van der Waals surface area contributed by atoms with E-state index in [0.29, 0.717) is 16.2 Å². The maximum Gasteiger partial charge on any atom is 0.257 e. The second-order valence-corrected chi connectivity index (χ2v) is 5.32. The Morgan fingerprint density at radius 2 is 1.90 bits per heavy atom. The third-order valence-electron chi connectivity index (χ3n) is 3.07. The van der Waals surface area contributed by atoms with E-state index in [1.807, 2.05) is 0 Å². The number of amides is 1. The second kappa shape index (κ2) is 6.22. The highest BCUT2D eigenvalue weighted by Gasteiger charge is 2.19. The summed E-state index contributed by atoms with van der Waals surface area (Å²) < 4.78 is 26.9. The van der Waals surface area contributed by atoms with Crippen LogP contribution >= 0.6 is 12.6 Å². The Hall–Kier alpha value is -1.62. The fourth-order valence-corrected chi connectivity index (χ4v) is 1.97. The monoisotopic (exact) mass is 297 g/mol. The minimum Gasteiger partial charge on any atom is -0.311 e. The first-order chi connectivity index (χ1) is 9.16. The smallest absolute Gasteiger partial charge is 0.257 e. The Morgan fingerprint density at radius 3 is 2.40 bits per heavy atom. The zero-order valence-electron chi connectivity index (χ0n) is 11.9. The van der Waals surface area contributed by atoms with Crippen LogP contribution in [-0.2, 0) is 4.79 Å². The zero-order chi connectivity index (χ0) is 15.6. The summed E-state index contributed by atoms with van der Waals surface area (Å²) >= 11 is 4.07. The fraction of sp³-hybridized carbons (Fsp3) is 0.267. The second-order valence-electron chi connectivity index (χ2n) is 4.62. The molecule has 0 atom stereocenters. The van der Waals surface area contributed by atoms with Gasteiger partial charge < -0.3 is 4.90 Å². The summed E-state index contributed by atoms with van der Waals surface area (Å²) in [5.74, 6) is -2.27. The van der Waals surface area contributed by atoms with Crippen molar-refractivity contribution in [2.24, 2.45) is 0 Å². The van der Waals surface area contributed by atoms with Gasteiger partial charge in [-0.1, -0.05) is 6.58 Å². The molecule has 0 bridgehead atoms. The van der Waals surface area contributed by atoms with Crippen molar-refractivity contribution in [3.63, 3.8) is 0 Å². The lowest BCUT2D eigenvalue weighted by Crippen LogP contribution is -2.28. The van der Waals surface area contributed by atoms with Crippen molar-refractivity contribution in [1.29, 1.82) is 0 Å². The Kier molecular flexibility index (Phi) is 5.11. The molecular weight excluding hydrogens is 280 g/mol. The Labute approximate surface area is 123 Å². The van der Waals surface area contributed by atoms with Crippen molar-refractivity contribution in [1.82, 2.24) is 0 Å². The number of anilines is 1. The van der Waals surface area contributed by atoms with Crippen molar-refractivity contribution in [3.8, 4) is 0 Å². The van der Waals surface area contributed by atoms with Crippen molar-refractivity contribution >= 4 is 24.2 Å². The average Bonchev–Trinajstić information content (AvgIpc) is 2.38. The van der Waals surface area contributed by atoms with E-state index in [1.165, 1.54) is 24.9 Å². The molecule has 1 rings (SSSR count). The van der Waals surface area contributed by atoms with Crippen LogP contribution in [0.25, 0.3) is 0 Å². The number of likely N-dealkylation sites (N-methyl/N-ethyl adjacent to an activating group) is 1. The zero-order valence-corrected chi connectivity index (χ0v) is 12.8. The van der Waals surface area contributed by atoms with Crippen LogP contribution in [0.1, 0.15) is 18.1 Å². The summed E-state index contributed by atoms with van der Waals surface area (Å²) in [6.45, 7) is 8.48. The van der Waals surface area contributed by atoms with Gasteiger partial charge in [0, 0.05) is 24.4 Å². The molecule has 0 saturated carbocycles. The largest absolute Gasteiger partial charge is 0.311 e. The molecule has 0 heterocycles. The first-order valence-electron chi connectivity index (χ1n) is 5.96. The summed E-state index contributed by atoms with van der Waals surface area (Å²) in [6.07, 6.45) is 1.52. The maximum absolute atomic E-state index is 13.5. The Bertz CT molecular complexity index is 604. The molecule has 0 unspecified atom stereocenters. The Morgan fingerprint density at radius 1 is 1.35 bits per heavy atom. The van der Waals surface area contributed by atoms with E-state index >= 15 is 0 Å². The lowest BCUT2D eigenvalue weighted by molar-refractivity contribution is -0.114. The SMILES string of the molecule is C=C(/C=C(\C)S)C(=O)N(C)c1cc(F)c(F)c(C)c1C. The molecule has 5 heteroatoms. The third kappa shape index (κ3) is 3.28. The minimum atomic E-state index is -0.978. The number of hydrogen-bond donors (Lipinski definition) is 1. The van der Waals surface area contributed by atoms with Gasteiger partial charge in [-0.05, 0) is 42.9 Å². The summed E-state index contributed by atoms with van der Waals surface area (Å²) in [5.41, 5.74) is 1.24. The molecule has 0 aromatic heterocycles. The topological polar surface area (TPSA) is 20.3 Å². The van der Waals surface area contributed by atoms with Crippen molar-refractivity contribution in [2.45, 2.75) is 20.8 Å². The molecule has 0 spiro atoms. The number of halogens is 2. The van der Waals surface area contributed by atoms with Crippen LogP contribution in [0, 0.1) is 25.5 Å². The molecule has 108 valence electrons. The molecule has 0 radical (unpaired) electrons. The van der Waals surface area contributed by atoms with Gasteiger partial charge in [-0.25, -0.2) is 8.78 Å². The quantitative estimate of drug-likeness (QED) is 0.509. The number of benzene rings is 1. The molecule has 0 fully saturated rings. The van der Waals surface area contributed by atoms with Gasteiger partial charge in [-0.3, -0.25) is 4.79 Å². The molecule has 2 nitrogen and oxygen atoms in total. The van der Waals surface area contributed by atoms with E-state index < -0.39 is 17.5 Å². The number of thiol groups is 1. The summed E-state index contributed by atoms with van der Waals surface area (Å²) in [4.78, 5) is 14.1. The number of hydrogen-bond acceptors (Lipinski definition) is 2. The molecule has 0 aliphatic carbocycles. The average molecular weight is 297 g/mol. The number of rotatable bonds is 3. The minimum absolute atomic E-state index is 0.186. The highest BCUT2D eigenvalue weighted by molar-refractivity contribution is 7.84. The van der Waals surface area contributed by atoms with Gasteiger partial charge in [0.2, 0.25) is 0 Å². The van der Waals surface area contributed by atoms with Crippen LogP contribution in [0.3, 0.4) is 0 Å². The number of carbonyl (C=O) groups excluding carboxylic acids is 1. The van der Waals surface area contributed by atoms with Crippen molar-refractivity contribution < 1.29 is 13.6 Å². The molecule has 1 aromatic rings. The molecule has 0 N–H and O–H groups in total. The van der Waals surface area contributed by atoms with Crippen LogP contribution in [-0.4, -0.2) is 13.0 Å². The lowest BCUT2D eigenvalue weighted by atomic mass is 10.1. The van der Waals surface area contributed by atoms with Gasteiger partial charge in [0.25, 0.3) is 5.91 Å². The van der Waals surface area contributed by atoms with Gasteiger partial charge in [0.15, 0.2) is 11.6 Å².